The number of hydrogen-bond donors (Lipinski definition) is 1. The van der Waals surface area contributed by atoms with Crippen LogP contribution in [0.4, 0.5) is 0 Å². The van der Waals surface area contributed by atoms with Crippen LogP contribution < -0.4 is 0 Å². The Hall–Kier alpha value is -2.29. The normalized spacial score (nSPS) is 26.2. The van der Waals surface area contributed by atoms with E-state index < -0.39 is 5.97 Å². The fourth-order valence-electron chi connectivity index (χ4n) is 5.35. The molecule has 27 heavy (non-hydrogen) atoms. The largest absolute Gasteiger partial charge is 0.481 e. The summed E-state index contributed by atoms with van der Waals surface area (Å²) >= 11 is 0. The zero-order valence-corrected chi connectivity index (χ0v) is 16.5. The van der Waals surface area contributed by atoms with Gasteiger partial charge in [-0.1, -0.05) is 37.6 Å². The Morgan fingerprint density at radius 3 is 2.44 bits per heavy atom. The molecule has 0 spiro atoms. The minimum Gasteiger partial charge on any atom is -0.481 e. The first kappa shape index (κ1) is 18.1. The van der Waals surface area contributed by atoms with Crippen molar-refractivity contribution in [3.05, 3.63) is 65.5 Å². The first-order chi connectivity index (χ1) is 12.9. The Morgan fingerprint density at radius 1 is 1.19 bits per heavy atom. The maximum Gasteiger partial charge on any atom is 0.307 e. The van der Waals surface area contributed by atoms with Crippen LogP contribution >= 0.6 is 0 Å². The standard InChI is InChI=1S/C24H29NO2/c1-17-19(11-8-12-20(17)25-13-6-7-14-25)16-24(15-18-9-4-5-10-18)21(22(26)27)23(24,2)3/h6-8,11-15,21H,4-5,9-10,16H2,1-3H3,(H,26,27). The van der Waals surface area contributed by atoms with Gasteiger partial charge < -0.3 is 9.67 Å². The number of rotatable bonds is 5. The summed E-state index contributed by atoms with van der Waals surface area (Å²) in [6, 6.07) is 10.5. The number of carboxylic acids is 1. The van der Waals surface area contributed by atoms with Crippen molar-refractivity contribution in [3.8, 4) is 5.69 Å². The Bertz CT molecular complexity index is 883. The summed E-state index contributed by atoms with van der Waals surface area (Å²) < 4.78 is 2.13. The van der Waals surface area contributed by atoms with Gasteiger partial charge in [-0.15, -0.1) is 0 Å². The van der Waals surface area contributed by atoms with E-state index in [2.05, 4.69) is 62.0 Å². The molecule has 2 aliphatic carbocycles. The van der Waals surface area contributed by atoms with Gasteiger partial charge in [-0.05, 0) is 73.8 Å². The summed E-state index contributed by atoms with van der Waals surface area (Å²) in [6.45, 7) is 6.41. The van der Waals surface area contributed by atoms with Crippen LogP contribution in [0, 0.1) is 23.7 Å². The molecule has 0 saturated heterocycles. The Morgan fingerprint density at radius 2 is 1.85 bits per heavy atom. The second-order valence-electron chi connectivity index (χ2n) is 8.87. The molecule has 1 heterocycles. The topological polar surface area (TPSA) is 42.2 Å². The molecule has 2 atom stereocenters. The lowest BCUT2D eigenvalue weighted by molar-refractivity contribution is -0.139. The average Bonchev–Trinajstić information content (AvgIpc) is 3.13. The second kappa shape index (κ2) is 6.40. The number of allylic oxidation sites excluding steroid dienone is 2. The number of nitrogens with zero attached hydrogens (tertiary/aromatic N) is 1. The molecule has 2 aromatic rings. The van der Waals surface area contributed by atoms with E-state index in [4.69, 9.17) is 0 Å². The molecule has 2 saturated carbocycles. The predicted molar refractivity (Wildman–Crippen MR) is 108 cm³/mol. The van der Waals surface area contributed by atoms with Crippen LogP contribution in [-0.2, 0) is 11.2 Å². The van der Waals surface area contributed by atoms with Crippen molar-refractivity contribution >= 4 is 5.97 Å². The first-order valence-corrected chi connectivity index (χ1v) is 10.0. The average molecular weight is 364 g/mol. The number of carboxylic acid groups (broad SMARTS) is 1. The molecule has 3 heteroatoms. The maximum absolute atomic E-state index is 12.1. The molecule has 0 radical (unpaired) electrons. The van der Waals surface area contributed by atoms with Crippen LogP contribution in [0.5, 0.6) is 0 Å². The van der Waals surface area contributed by atoms with Gasteiger partial charge in [0.15, 0.2) is 0 Å². The molecule has 0 bridgehead atoms. The van der Waals surface area contributed by atoms with Crippen molar-refractivity contribution in [3.63, 3.8) is 0 Å². The highest BCUT2D eigenvalue weighted by Gasteiger charge is 2.73. The third-order valence-corrected chi connectivity index (χ3v) is 7.09. The van der Waals surface area contributed by atoms with Gasteiger partial charge in [-0.2, -0.15) is 0 Å². The number of aliphatic carboxylic acids is 1. The molecule has 1 N–H and O–H groups in total. The quantitative estimate of drug-likeness (QED) is 0.707. The van der Waals surface area contributed by atoms with Gasteiger partial charge in [-0.3, -0.25) is 4.79 Å². The van der Waals surface area contributed by atoms with Gasteiger partial charge in [0.05, 0.1) is 5.92 Å². The summed E-state index contributed by atoms with van der Waals surface area (Å²) in [5.41, 5.74) is 4.64. The molecular weight excluding hydrogens is 334 g/mol. The summed E-state index contributed by atoms with van der Waals surface area (Å²) in [5.74, 6) is -0.971. The number of carbonyl (C=O) groups is 1. The summed E-state index contributed by atoms with van der Waals surface area (Å²) in [6.07, 6.45) is 12.0. The van der Waals surface area contributed by atoms with Crippen molar-refractivity contribution in [1.29, 1.82) is 0 Å². The van der Waals surface area contributed by atoms with Crippen LogP contribution in [0.2, 0.25) is 0 Å². The van der Waals surface area contributed by atoms with Gasteiger partial charge in [-0.25, -0.2) is 0 Å². The van der Waals surface area contributed by atoms with E-state index in [9.17, 15) is 9.90 Å². The molecule has 142 valence electrons. The highest BCUT2D eigenvalue weighted by atomic mass is 16.4. The number of benzene rings is 1. The highest BCUT2D eigenvalue weighted by Crippen LogP contribution is 2.72. The lowest BCUT2D eigenvalue weighted by Gasteiger charge is -2.21. The third kappa shape index (κ3) is 2.84. The van der Waals surface area contributed by atoms with Crippen molar-refractivity contribution in [2.45, 2.75) is 52.9 Å². The van der Waals surface area contributed by atoms with E-state index in [0.29, 0.717) is 0 Å². The fraction of sp³-hybridized carbons (Fsp3) is 0.458. The lowest BCUT2D eigenvalue weighted by atomic mass is 9.84. The maximum atomic E-state index is 12.1. The lowest BCUT2D eigenvalue weighted by Crippen LogP contribution is -2.14. The molecule has 2 unspecified atom stereocenters. The zero-order chi connectivity index (χ0) is 19.2. The monoisotopic (exact) mass is 363 g/mol. The molecule has 0 aliphatic heterocycles. The van der Waals surface area contributed by atoms with Crippen LogP contribution in [0.15, 0.2) is 54.4 Å². The van der Waals surface area contributed by atoms with Gasteiger partial charge in [0.1, 0.15) is 0 Å². The molecule has 4 rings (SSSR count). The van der Waals surface area contributed by atoms with E-state index in [0.717, 1.165) is 19.3 Å². The van der Waals surface area contributed by atoms with Gasteiger partial charge >= 0.3 is 5.97 Å². The molecule has 0 amide bonds. The van der Waals surface area contributed by atoms with Crippen LogP contribution in [-0.4, -0.2) is 15.6 Å². The van der Waals surface area contributed by atoms with Gasteiger partial charge in [0.25, 0.3) is 0 Å². The molecule has 2 aliphatic rings. The summed E-state index contributed by atoms with van der Waals surface area (Å²) in [5, 5.41) is 9.92. The van der Waals surface area contributed by atoms with Crippen LogP contribution in [0.1, 0.15) is 50.7 Å². The predicted octanol–water partition coefficient (Wildman–Crippen LogP) is 5.56. The van der Waals surface area contributed by atoms with Crippen molar-refractivity contribution < 1.29 is 9.90 Å². The van der Waals surface area contributed by atoms with Gasteiger partial charge in [0, 0.05) is 23.5 Å². The van der Waals surface area contributed by atoms with Crippen LogP contribution in [0.3, 0.4) is 0 Å². The molecule has 1 aromatic heterocycles. The van der Waals surface area contributed by atoms with Crippen molar-refractivity contribution in [2.24, 2.45) is 16.7 Å². The smallest absolute Gasteiger partial charge is 0.307 e. The second-order valence-corrected chi connectivity index (χ2v) is 8.87. The minimum absolute atomic E-state index is 0.218. The van der Waals surface area contributed by atoms with E-state index in [-0.39, 0.29) is 16.7 Å². The van der Waals surface area contributed by atoms with E-state index >= 15 is 0 Å². The van der Waals surface area contributed by atoms with Crippen LogP contribution in [0.25, 0.3) is 5.69 Å². The minimum atomic E-state index is -0.658. The Balaban J connectivity index is 1.75. The van der Waals surface area contributed by atoms with Gasteiger partial charge in [0.2, 0.25) is 0 Å². The highest BCUT2D eigenvalue weighted by molar-refractivity contribution is 5.78. The molecule has 1 aromatic carbocycles. The molecular formula is C24H29NO2. The first-order valence-electron chi connectivity index (χ1n) is 10.0. The van der Waals surface area contributed by atoms with Crippen molar-refractivity contribution in [1.82, 2.24) is 4.57 Å². The molecule has 3 nitrogen and oxygen atoms in total. The summed E-state index contributed by atoms with van der Waals surface area (Å²) in [7, 11) is 0. The van der Waals surface area contributed by atoms with E-state index in [1.807, 2.05) is 12.1 Å². The number of aromatic nitrogens is 1. The summed E-state index contributed by atoms with van der Waals surface area (Å²) in [4.78, 5) is 12.1. The SMILES string of the molecule is Cc1c(CC2(C=C3CCCC3)C(C(=O)O)C2(C)C)cccc1-n1cccc1. The third-order valence-electron chi connectivity index (χ3n) is 7.09. The zero-order valence-electron chi connectivity index (χ0n) is 16.5. The van der Waals surface area contributed by atoms with E-state index in [1.165, 1.54) is 35.2 Å². The Kier molecular flexibility index (Phi) is 4.29. The Labute approximate surface area is 161 Å². The number of hydrogen-bond acceptors (Lipinski definition) is 1. The van der Waals surface area contributed by atoms with Crippen molar-refractivity contribution in [2.75, 3.05) is 0 Å². The van der Waals surface area contributed by atoms with E-state index in [1.54, 1.807) is 0 Å². The fourth-order valence-corrected chi connectivity index (χ4v) is 5.35. The molecule has 2 fully saturated rings.